The number of rotatable bonds is 5. The first kappa shape index (κ1) is 18.8. The first-order valence-electron chi connectivity index (χ1n) is 9.20. The predicted octanol–water partition coefficient (Wildman–Crippen LogP) is 4.57. The van der Waals surface area contributed by atoms with Crippen LogP contribution in [0.25, 0.3) is 0 Å². The molecule has 0 N–H and O–H groups in total. The molecule has 3 rings (SSSR count). The number of anilines is 1. The second kappa shape index (κ2) is 8.58. The second-order valence-electron chi connectivity index (χ2n) is 6.76. The molecule has 0 aromatic heterocycles. The van der Waals surface area contributed by atoms with Gasteiger partial charge in [-0.15, -0.1) is 0 Å². The van der Waals surface area contributed by atoms with Crippen molar-refractivity contribution in [3.05, 3.63) is 69.8 Å². The van der Waals surface area contributed by atoms with Crippen LogP contribution in [0.4, 0.5) is 11.4 Å². The van der Waals surface area contributed by atoms with E-state index in [2.05, 4.69) is 0 Å². The Hall–Kier alpha value is -3.02. The number of non-ortho nitro benzene ring substituents is 1. The molecular weight excluding hydrogens is 342 g/mol. The number of hydrogen-bond acceptors (Lipinski definition) is 5. The first-order valence-corrected chi connectivity index (χ1v) is 9.20. The molecule has 6 heteroatoms. The highest BCUT2D eigenvalue weighted by Gasteiger charge is 2.20. The fourth-order valence-corrected chi connectivity index (χ4v) is 3.16. The number of nitro benzene ring substituents is 1. The van der Waals surface area contributed by atoms with Crippen LogP contribution in [0.2, 0.25) is 0 Å². The van der Waals surface area contributed by atoms with Gasteiger partial charge in [-0.05, 0) is 31.9 Å². The van der Waals surface area contributed by atoms with Gasteiger partial charge in [-0.25, -0.2) is 0 Å². The smallest absolute Gasteiger partial charge is 0.270 e. The van der Waals surface area contributed by atoms with Crippen LogP contribution in [0.15, 0.2) is 53.5 Å². The maximum Gasteiger partial charge on any atom is 0.270 e. The molecule has 2 aromatic rings. The van der Waals surface area contributed by atoms with Crippen molar-refractivity contribution in [3.8, 4) is 0 Å². The van der Waals surface area contributed by atoms with Crippen molar-refractivity contribution in [1.29, 1.82) is 0 Å². The van der Waals surface area contributed by atoms with E-state index in [0.717, 1.165) is 49.3 Å². The summed E-state index contributed by atoms with van der Waals surface area (Å²) in [5.74, 6) is 0.751. The molecule has 0 radical (unpaired) electrons. The Morgan fingerprint density at radius 1 is 1.15 bits per heavy atom. The number of nitrogens with zero attached hydrogens (tertiary/aromatic N) is 3. The van der Waals surface area contributed by atoms with E-state index < -0.39 is 4.92 Å². The van der Waals surface area contributed by atoms with Gasteiger partial charge in [0.05, 0.1) is 11.5 Å². The number of carbonyl (C=O) groups is 1. The normalized spacial score (nSPS) is 14.2. The van der Waals surface area contributed by atoms with E-state index in [1.54, 1.807) is 12.1 Å². The molecule has 27 heavy (non-hydrogen) atoms. The first-order chi connectivity index (χ1) is 13.0. The fourth-order valence-electron chi connectivity index (χ4n) is 3.16. The molecule has 1 heterocycles. The summed E-state index contributed by atoms with van der Waals surface area (Å²) in [6, 6.07) is 13.9. The minimum atomic E-state index is -0.482. The largest absolute Gasteiger partial charge is 0.322 e. The Labute approximate surface area is 158 Å². The van der Waals surface area contributed by atoms with E-state index in [9.17, 15) is 14.9 Å². The molecule has 0 saturated heterocycles. The molecule has 140 valence electrons. The third-order valence-corrected chi connectivity index (χ3v) is 4.69. The van der Waals surface area contributed by atoms with Crippen molar-refractivity contribution in [2.75, 3.05) is 18.0 Å². The van der Waals surface area contributed by atoms with Gasteiger partial charge in [0.15, 0.2) is 5.78 Å². The Kier molecular flexibility index (Phi) is 5.96. The van der Waals surface area contributed by atoms with Crippen LogP contribution >= 0.6 is 0 Å². The minimum absolute atomic E-state index is 0.0745. The fraction of sp³-hybridized carbons (Fsp3) is 0.333. The van der Waals surface area contributed by atoms with Crippen molar-refractivity contribution >= 4 is 23.0 Å². The summed E-state index contributed by atoms with van der Waals surface area (Å²) in [5, 5.41) is 11.0. The summed E-state index contributed by atoms with van der Waals surface area (Å²) >= 11 is 0. The summed E-state index contributed by atoms with van der Waals surface area (Å²) in [7, 11) is 0. The average molecular weight is 365 g/mol. The number of hydrogen-bond donors (Lipinski definition) is 0. The van der Waals surface area contributed by atoms with E-state index in [1.165, 1.54) is 12.1 Å². The van der Waals surface area contributed by atoms with Crippen molar-refractivity contribution in [1.82, 2.24) is 0 Å². The summed E-state index contributed by atoms with van der Waals surface area (Å²) in [6.07, 6.45) is 4.07. The number of carbonyl (C=O) groups excluding carboxylic acids is 1. The van der Waals surface area contributed by atoms with Crippen molar-refractivity contribution in [3.63, 3.8) is 0 Å². The van der Waals surface area contributed by atoms with Crippen LogP contribution in [0, 0.1) is 17.0 Å². The lowest BCUT2D eigenvalue weighted by molar-refractivity contribution is -0.384. The zero-order valence-corrected chi connectivity index (χ0v) is 15.4. The SMILES string of the molecule is Cc1ccc(N(CC(=O)c2cccc([N+](=O)[O-])c2)C2=NCCCCC2)cc1. The van der Waals surface area contributed by atoms with Gasteiger partial charge in [0.2, 0.25) is 0 Å². The van der Waals surface area contributed by atoms with E-state index in [1.807, 2.05) is 36.1 Å². The van der Waals surface area contributed by atoms with Gasteiger partial charge in [-0.1, -0.05) is 36.2 Å². The summed E-state index contributed by atoms with van der Waals surface area (Å²) in [6.45, 7) is 2.90. The van der Waals surface area contributed by atoms with E-state index in [0.29, 0.717) is 5.56 Å². The Balaban J connectivity index is 1.89. The molecule has 0 unspecified atom stereocenters. The van der Waals surface area contributed by atoms with Gasteiger partial charge in [-0.2, -0.15) is 0 Å². The number of ketones is 1. The lowest BCUT2D eigenvalue weighted by atomic mass is 10.1. The molecule has 1 aliphatic rings. The van der Waals surface area contributed by atoms with Crippen LogP contribution < -0.4 is 4.90 Å². The van der Waals surface area contributed by atoms with Gasteiger partial charge < -0.3 is 4.90 Å². The standard InChI is InChI=1S/C21H23N3O3/c1-16-9-11-18(12-10-16)23(21-8-3-2-4-13-22-21)15-20(25)17-6-5-7-19(14-17)24(26)27/h5-7,9-12,14H,2-4,8,13,15H2,1H3. The Bertz CT molecular complexity index is 859. The lowest BCUT2D eigenvalue weighted by Crippen LogP contribution is -2.36. The quantitative estimate of drug-likeness (QED) is 0.442. The molecule has 6 nitrogen and oxygen atoms in total. The van der Waals surface area contributed by atoms with Crippen LogP contribution in [0.3, 0.4) is 0 Å². The average Bonchev–Trinajstić information content (AvgIpc) is 2.96. The van der Waals surface area contributed by atoms with Gasteiger partial charge >= 0.3 is 0 Å². The topological polar surface area (TPSA) is 75.8 Å². The van der Waals surface area contributed by atoms with Crippen LogP contribution in [0.1, 0.15) is 41.6 Å². The number of aliphatic imine (C=N–C) groups is 1. The van der Waals surface area contributed by atoms with Crippen LogP contribution in [-0.4, -0.2) is 29.6 Å². The molecule has 0 fully saturated rings. The van der Waals surface area contributed by atoms with Crippen molar-refractivity contribution in [2.24, 2.45) is 4.99 Å². The highest BCUT2D eigenvalue weighted by atomic mass is 16.6. The van der Waals surface area contributed by atoms with E-state index in [-0.39, 0.29) is 18.0 Å². The minimum Gasteiger partial charge on any atom is -0.322 e. The van der Waals surface area contributed by atoms with E-state index in [4.69, 9.17) is 4.99 Å². The summed E-state index contributed by atoms with van der Waals surface area (Å²) in [5.41, 5.74) is 2.33. The molecule has 0 aliphatic carbocycles. The highest BCUT2D eigenvalue weighted by Crippen LogP contribution is 2.21. The summed E-state index contributed by atoms with van der Waals surface area (Å²) in [4.78, 5) is 30.0. The second-order valence-corrected chi connectivity index (χ2v) is 6.76. The maximum atomic E-state index is 12.9. The molecular formula is C21H23N3O3. The van der Waals surface area contributed by atoms with Gasteiger partial charge in [0, 0.05) is 36.3 Å². The number of benzene rings is 2. The molecule has 0 atom stereocenters. The number of amidine groups is 1. The molecule has 0 saturated carbocycles. The molecule has 0 amide bonds. The molecule has 1 aliphatic heterocycles. The third kappa shape index (κ3) is 4.78. The van der Waals surface area contributed by atoms with Crippen molar-refractivity contribution in [2.45, 2.75) is 32.6 Å². The predicted molar refractivity (Wildman–Crippen MR) is 107 cm³/mol. The van der Waals surface area contributed by atoms with Gasteiger partial charge in [0.25, 0.3) is 5.69 Å². The zero-order chi connectivity index (χ0) is 19.2. The van der Waals surface area contributed by atoms with Crippen LogP contribution in [0.5, 0.6) is 0 Å². The maximum absolute atomic E-state index is 12.9. The molecule has 0 spiro atoms. The highest BCUT2D eigenvalue weighted by molar-refractivity contribution is 6.07. The monoisotopic (exact) mass is 365 g/mol. The van der Waals surface area contributed by atoms with E-state index >= 15 is 0 Å². The molecule has 2 aromatic carbocycles. The number of Topliss-reactive ketones (excluding diaryl/α,β-unsaturated/α-hetero) is 1. The number of nitro groups is 1. The Morgan fingerprint density at radius 2 is 1.93 bits per heavy atom. The zero-order valence-electron chi connectivity index (χ0n) is 15.4. The number of aryl methyl sites for hydroxylation is 1. The molecule has 0 bridgehead atoms. The lowest BCUT2D eigenvalue weighted by Gasteiger charge is -2.25. The van der Waals surface area contributed by atoms with Crippen LogP contribution in [-0.2, 0) is 0 Å². The summed E-state index contributed by atoms with van der Waals surface area (Å²) < 4.78 is 0. The van der Waals surface area contributed by atoms with Gasteiger partial charge in [-0.3, -0.25) is 19.9 Å². The third-order valence-electron chi connectivity index (χ3n) is 4.69. The van der Waals surface area contributed by atoms with Gasteiger partial charge in [0.1, 0.15) is 5.84 Å². The Morgan fingerprint density at radius 3 is 2.67 bits per heavy atom. The van der Waals surface area contributed by atoms with Crippen molar-refractivity contribution < 1.29 is 9.72 Å².